The molecule has 0 bridgehead atoms. The van der Waals surface area contributed by atoms with E-state index in [-0.39, 0.29) is 13.0 Å². The zero-order valence-corrected chi connectivity index (χ0v) is 11.1. The van der Waals surface area contributed by atoms with Crippen molar-refractivity contribution >= 4 is 11.9 Å². The number of amides is 1. The summed E-state index contributed by atoms with van der Waals surface area (Å²) in [5.41, 5.74) is 7.04. The maximum Gasteiger partial charge on any atom is 0.307 e. The smallest absolute Gasteiger partial charge is 0.307 e. The Labute approximate surface area is 117 Å². The van der Waals surface area contributed by atoms with Gasteiger partial charge in [-0.15, -0.1) is 0 Å². The van der Waals surface area contributed by atoms with Crippen LogP contribution in [0.3, 0.4) is 0 Å². The third kappa shape index (κ3) is 3.55. The Balaban J connectivity index is 2.15. The first-order chi connectivity index (χ1) is 9.58. The number of ether oxygens (including phenoxy) is 1. The Kier molecular flexibility index (Phi) is 4.70. The van der Waals surface area contributed by atoms with Gasteiger partial charge in [0.1, 0.15) is 6.04 Å². The van der Waals surface area contributed by atoms with Crippen LogP contribution in [0.4, 0.5) is 0 Å². The number of hydrogen-bond acceptors (Lipinski definition) is 4. The van der Waals surface area contributed by atoms with Crippen LogP contribution in [0.15, 0.2) is 24.3 Å². The number of nitrogens with two attached hydrogens (primary N) is 1. The van der Waals surface area contributed by atoms with Gasteiger partial charge in [0, 0.05) is 13.1 Å². The first-order valence-electron chi connectivity index (χ1n) is 6.47. The first kappa shape index (κ1) is 14.5. The minimum absolute atomic E-state index is 0.0260. The van der Waals surface area contributed by atoms with E-state index >= 15 is 0 Å². The molecule has 1 aromatic rings. The molecule has 1 unspecified atom stereocenters. The second-order valence-corrected chi connectivity index (χ2v) is 4.80. The summed E-state index contributed by atoms with van der Waals surface area (Å²) in [6.45, 7) is 1.94. The molecule has 1 fully saturated rings. The molecule has 0 saturated carbocycles. The number of carboxylic acid groups (broad SMARTS) is 1. The molecule has 1 aliphatic rings. The van der Waals surface area contributed by atoms with E-state index in [0.717, 1.165) is 11.1 Å². The molecule has 1 aromatic carbocycles. The van der Waals surface area contributed by atoms with Crippen molar-refractivity contribution in [3.8, 4) is 0 Å². The summed E-state index contributed by atoms with van der Waals surface area (Å²) in [5.74, 6) is -1.29. The fourth-order valence-corrected chi connectivity index (χ4v) is 2.36. The van der Waals surface area contributed by atoms with Crippen LogP contribution in [0.1, 0.15) is 11.1 Å². The summed E-state index contributed by atoms with van der Waals surface area (Å²) >= 11 is 0. The van der Waals surface area contributed by atoms with Gasteiger partial charge < -0.3 is 15.6 Å². The first-order valence-corrected chi connectivity index (χ1v) is 6.47. The van der Waals surface area contributed by atoms with Gasteiger partial charge in [0.25, 0.3) is 0 Å². The highest BCUT2D eigenvalue weighted by atomic mass is 16.5. The topological polar surface area (TPSA) is 92.9 Å². The van der Waals surface area contributed by atoms with Crippen LogP contribution in [-0.2, 0) is 27.3 Å². The summed E-state index contributed by atoms with van der Waals surface area (Å²) in [5, 5.41) is 8.93. The van der Waals surface area contributed by atoms with Crippen LogP contribution >= 0.6 is 0 Å². The molecule has 0 aliphatic carbocycles. The predicted molar refractivity (Wildman–Crippen MR) is 72.0 cm³/mol. The van der Waals surface area contributed by atoms with Crippen LogP contribution in [0, 0.1) is 0 Å². The number of carbonyl (C=O) groups excluding carboxylic acids is 1. The Bertz CT molecular complexity index is 504. The van der Waals surface area contributed by atoms with Gasteiger partial charge in [-0.05, 0) is 11.1 Å². The number of nitrogens with zero attached hydrogens (tertiary/aromatic N) is 1. The van der Waals surface area contributed by atoms with Crippen molar-refractivity contribution in [2.75, 3.05) is 19.8 Å². The van der Waals surface area contributed by atoms with Crippen molar-refractivity contribution in [1.82, 2.24) is 4.90 Å². The van der Waals surface area contributed by atoms with E-state index < -0.39 is 17.9 Å². The molecule has 6 heteroatoms. The minimum Gasteiger partial charge on any atom is -0.481 e. The molecule has 1 saturated heterocycles. The van der Waals surface area contributed by atoms with E-state index in [0.29, 0.717) is 19.7 Å². The Morgan fingerprint density at radius 2 is 2.05 bits per heavy atom. The quantitative estimate of drug-likeness (QED) is 0.791. The van der Waals surface area contributed by atoms with Crippen molar-refractivity contribution in [1.29, 1.82) is 0 Å². The normalized spacial score (nSPS) is 19.7. The number of hydrogen-bond donors (Lipinski definition) is 2. The van der Waals surface area contributed by atoms with E-state index in [9.17, 15) is 9.59 Å². The third-order valence-electron chi connectivity index (χ3n) is 3.40. The lowest BCUT2D eigenvalue weighted by Crippen LogP contribution is -2.51. The van der Waals surface area contributed by atoms with Crippen molar-refractivity contribution in [2.45, 2.75) is 19.0 Å². The molecule has 1 amide bonds. The van der Waals surface area contributed by atoms with Gasteiger partial charge in [-0.3, -0.25) is 14.5 Å². The van der Waals surface area contributed by atoms with Crippen LogP contribution in [0.2, 0.25) is 0 Å². The standard InChI is InChI=1S/C14H18N2O4/c15-14(19)12-9-20-6-5-16(12)8-11-4-2-1-3-10(11)7-13(17)18/h1-4,12H,5-9H2,(H2,15,19)(H,17,18). The summed E-state index contributed by atoms with van der Waals surface area (Å²) in [4.78, 5) is 24.2. The molecule has 6 nitrogen and oxygen atoms in total. The molecule has 1 aliphatic heterocycles. The molecule has 0 aromatic heterocycles. The summed E-state index contributed by atoms with van der Waals surface area (Å²) < 4.78 is 5.27. The average molecular weight is 278 g/mol. The van der Waals surface area contributed by atoms with Gasteiger partial charge in [-0.25, -0.2) is 0 Å². The molecule has 3 N–H and O–H groups in total. The minimum atomic E-state index is -0.870. The highest BCUT2D eigenvalue weighted by Gasteiger charge is 2.28. The molecular weight excluding hydrogens is 260 g/mol. The molecule has 108 valence electrons. The second kappa shape index (κ2) is 6.49. The Morgan fingerprint density at radius 1 is 1.35 bits per heavy atom. The zero-order valence-electron chi connectivity index (χ0n) is 11.1. The fourth-order valence-electron chi connectivity index (χ4n) is 2.36. The lowest BCUT2D eigenvalue weighted by atomic mass is 10.0. The number of primary amides is 1. The van der Waals surface area contributed by atoms with Crippen LogP contribution in [-0.4, -0.2) is 47.7 Å². The van der Waals surface area contributed by atoms with E-state index in [1.165, 1.54) is 0 Å². The lowest BCUT2D eigenvalue weighted by molar-refractivity contribution is -0.136. The molecule has 1 atom stereocenters. The lowest BCUT2D eigenvalue weighted by Gasteiger charge is -2.33. The van der Waals surface area contributed by atoms with Crippen LogP contribution in [0.25, 0.3) is 0 Å². The SMILES string of the molecule is NC(=O)C1COCCN1Cc1ccccc1CC(=O)O. The summed E-state index contributed by atoms with van der Waals surface area (Å²) in [6.07, 6.45) is -0.0260. The number of carboxylic acids is 1. The van der Waals surface area contributed by atoms with Crippen molar-refractivity contribution in [3.05, 3.63) is 35.4 Å². The number of benzene rings is 1. The molecule has 0 radical (unpaired) electrons. The van der Waals surface area contributed by atoms with E-state index in [4.69, 9.17) is 15.6 Å². The monoisotopic (exact) mass is 278 g/mol. The van der Waals surface area contributed by atoms with Crippen LogP contribution in [0.5, 0.6) is 0 Å². The fraction of sp³-hybridized carbons (Fsp3) is 0.429. The van der Waals surface area contributed by atoms with Crippen molar-refractivity contribution in [2.24, 2.45) is 5.73 Å². The van der Waals surface area contributed by atoms with Crippen molar-refractivity contribution < 1.29 is 19.4 Å². The summed E-state index contributed by atoms with van der Waals surface area (Å²) in [7, 11) is 0. The van der Waals surface area contributed by atoms with Gasteiger partial charge in [0.15, 0.2) is 0 Å². The zero-order chi connectivity index (χ0) is 14.5. The maximum absolute atomic E-state index is 11.4. The Hall–Kier alpha value is -1.92. The highest BCUT2D eigenvalue weighted by molar-refractivity contribution is 5.80. The number of aliphatic carboxylic acids is 1. The predicted octanol–water partition coefficient (Wildman–Crippen LogP) is -0.000200. The molecule has 20 heavy (non-hydrogen) atoms. The van der Waals surface area contributed by atoms with Gasteiger partial charge >= 0.3 is 5.97 Å². The third-order valence-corrected chi connectivity index (χ3v) is 3.40. The molecule has 2 rings (SSSR count). The van der Waals surface area contributed by atoms with E-state index in [1.807, 2.05) is 23.1 Å². The Morgan fingerprint density at radius 3 is 2.70 bits per heavy atom. The number of carbonyl (C=O) groups is 2. The summed E-state index contributed by atoms with van der Waals surface area (Å²) in [6, 6.07) is 6.89. The van der Waals surface area contributed by atoms with Gasteiger partial charge in [-0.2, -0.15) is 0 Å². The van der Waals surface area contributed by atoms with Gasteiger partial charge in [0.05, 0.1) is 19.6 Å². The van der Waals surface area contributed by atoms with E-state index in [2.05, 4.69) is 0 Å². The number of morpholine rings is 1. The molecule has 0 spiro atoms. The average Bonchev–Trinajstić information content (AvgIpc) is 2.41. The van der Waals surface area contributed by atoms with Gasteiger partial charge in [-0.1, -0.05) is 24.3 Å². The molecular formula is C14H18N2O4. The van der Waals surface area contributed by atoms with E-state index in [1.54, 1.807) is 6.07 Å². The molecule has 1 heterocycles. The maximum atomic E-state index is 11.4. The number of rotatable bonds is 5. The van der Waals surface area contributed by atoms with Crippen LogP contribution < -0.4 is 5.73 Å². The largest absolute Gasteiger partial charge is 0.481 e. The highest BCUT2D eigenvalue weighted by Crippen LogP contribution is 2.16. The van der Waals surface area contributed by atoms with Crippen molar-refractivity contribution in [3.63, 3.8) is 0 Å². The van der Waals surface area contributed by atoms with Gasteiger partial charge in [0.2, 0.25) is 5.91 Å². The second-order valence-electron chi connectivity index (χ2n) is 4.80.